The number of pyridine rings is 2. The molecule has 1 aliphatic carbocycles. The first-order valence-corrected chi connectivity index (χ1v) is 19.5. The zero-order valence-corrected chi connectivity index (χ0v) is 30.4. The Labute approximate surface area is 307 Å². The third-order valence-corrected chi connectivity index (χ3v) is 11.3. The molecular weight excluding hydrogens is 689 g/mol. The maximum Gasteiger partial charge on any atom is 0.227 e. The van der Waals surface area contributed by atoms with E-state index in [1.54, 1.807) is 6.20 Å². The van der Waals surface area contributed by atoms with Gasteiger partial charge < -0.3 is 20.2 Å². The minimum atomic E-state index is -3.59. The number of fused-ring (bicyclic) bond motifs is 3. The number of nitrogens with one attached hydrogen (secondary N) is 2. The largest absolute Gasteiger partial charge is 0.435 e. The number of aromatic nitrogens is 3. The maximum atomic E-state index is 11.5. The van der Waals surface area contributed by atoms with E-state index >= 15 is 0 Å². The number of hydrogen-bond acceptors (Lipinski definition) is 11. The Kier molecular flexibility index (Phi) is 9.18. The highest BCUT2D eigenvalue weighted by Gasteiger charge is 2.29. The second-order valence-corrected chi connectivity index (χ2v) is 15.8. The molecule has 5 N–H and O–H groups in total. The molecule has 4 heterocycles. The highest BCUT2D eigenvalue weighted by Crippen LogP contribution is 2.41. The van der Waals surface area contributed by atoms with Crippen molar-refractivity contribution in [2.75, 3.05) is 30.7 Å². The van der Waals surface area contributed by atoms with E-state index in [-0.39, 0.29) is 24.4 Å². The fourth-order valence-corrected chi connectivity index (χ4v) is 8.22. The number of nitriles is 1. The van der Waals surface area contributed by atoms with E-state index in [4.69, 9.17) is 19.5 Å². The molecule has 2 atom stereocenters. The van der Waals surface area contributed by atoms with E-state index in [1.807, 2.05) is 49.5 Å². The van der Waals surface area contributed by atoms with Gasteiger partial charge in [-0.25, -0.2) is 23.5 Å². The number of anilines is 2. The topological polar surface area (TPSA) is 183 Å². The van der Waals surface area contributed by atoms with Crippen LogP contribution in [0, 0.1) is 25.2 Å². The number of benzene rings is 3. The van der Waals surface area contributed by atoms with Crippen LogP contribution in [0.2, 0.25) is 0 Å². The monoisotopic (exact) mass is 728 g/mol. The Balaban J connectivity index is 1.08. The van der Waals surface area contributed by atoms with Crippen LogP contribution in [-0.2, 0) is 23.0 Å². The minimum absolute atomic E-state index is 0.106. The quantitative estimate of drug-likeness (QED) is 0.134. The molecule has 6 aromatic rings. The second kappa shape index (κ2) is 14.0. The molecule has 1 fully saturated rings. The number of oxazole rings is 1. The van der Waals surface area contributed by atoms with Gasteiger partial charge in [0.05, 0.1) is 11.9 Å². The molecule has 3 aromatic carbocycles. The SMILES string of the molecule is Cc1c(Nc2nccc3cc(CN4CC[C@@H](O)C4)cnc23)cccc1-c1cccc(-c2nc3cc4c(c(C#N)c3o2)CC[C@H]4NCCS(N)(=O)=O)c1C. The van der Waals surface area contributed by atoms with Gasteiger partial charge in [0, 0.05) is 61.3 Å². The van der Waals surface area contributed by atoms with Crippen LogP contribution < -0.4 is 15.8 Å². The molecule has 0 saturated carbocycles. The molecule has 8 rings (SSSR count). The molecule has 1 saturated heterocycles. The summed E-state index contributed by atoms with van der Waals surface area (Å²) in [6, 6.07) is 20.5. The summed E-state index contributed by atoms with van der Waals surface area (Å²) in [6.45, 7) is 6.66. The van der Waals surface area contributed by atoms with Gasteiger partial charge in [-0.1, -0.05) is 24.3 Å². The molecule has 0 bridgehead atoms. The zero-order valence-electron chi connectivity index (χ0n) is 29.6. The van der Waals surface area contributed by atoms with Crippen molar-refractivity contribution in [1.82, 2.24) is 25.2 Å². The molecule has 12 nitrogen and oxygen atoms in total. The summed E-state index contributed by atoms with van der Waals surface area (Å²) in [5.74, 6) is 0.931. The van der Waals surface area contributed by atoms with Gasteiger partial charge in [-0.3, -0.25) is 9.88 Å². The van der Waals surface area contributed by atoms with Crippen LogP contribution in [0.4, 0.5) is 11.5 Å². The number of nitrogens with two attached hydrogens (primary N) is 1. The van der Waals surface area contributed by atoms with Crippen molar-refractivity contribution in [3.05, 3.63) is 100 Å². The van der Waals surface area contributed by atoms with Gasteiger partial charge in [-0.2, -0.15) is 5.26 Å². The lowest BCUT2D eigenvalue weighted by atomic mass is 9.93. The Morgan fingerprint density at radius 3 is 2.62 bits per heavy atom. The van der Waals surface area contributed by atoms with Crippen LogP contribution in [-0.4, -0.2) is 64.9 Å². The Morgan fingerprint density at radius 2 is 1.85 bits per heavy atom. The average molecular weight is 729 g/mol. The number of likely N-dealkylation sites (tertiary alicyclic amines) is 1. The lowest BCUT2D eigenvalue weighted by molar-refractivity contribution is 0.175. The molecule has 0 spiro atoms. The van der Waals surface area contributed by atoms with Gasteiger partial charge in [0.2, 0.25) is 15.9 Å². The summed E-state index contributed by atoms with van der Waals surface area (Å²) in [5.41, 5.74) is 11.0. The number of aliphatic hydroxyl groups excluding tert-OH is 1. The van der Waals surface area contributed by atoms with Crippen LogP contribution >= 0.6 is 0 Å². The number of β-amino-alcohol motifs (C(OH)–C–C–N with tert-alkyl or cyclic N) is 1. The standard InChI is InChI=1S/C40H40N8O4S/c1-23-28(5-3-7-30(23)40-47-36-18-32-31(33(19-41)38(36)52-40)9-10-35(32)43-14-16-53(42,50)51)29-6-4-8-34(24(29)2)46-39-37-26(11-13-44-39)17-25(20-45-37)21-48-15-12-27(49)22-48/h3-8,11,13,17-18,20,27,35,43,49H,9-10,12,14-16,21-22H2,1-2H3,(H,44,46)(H2,42,50,51)/t27-,35-/m1/s1. The predicted molar refractivity (Wildman–Crippen MR) is 205 cm³/mol. The van der Waals surface area contributed by atoms with Gasteiger partial charge in [0.25, 0.3) is 0 Å². The third kappa shape index (κ3) is 6.88. The van der Waals surface area contributed by atoms with Crippen LogP contribution in [0.25, 0.3) is 44.6 Å². The molecule has 2 aliphatic rings. The molecule has 3 aromatic heterocycles. The number of primary sulfonamides is 1. The fraction of sp³-hybridized carbons (Fsp3) is 0.300. The van der Waals surface area contributed by atoms with Crippen molar-refractivity contribution in [1.29, 1.82) is 5.26 Å². The molecule has 0 amide bonds. The summed E-state index contributed by atoms with van der Waals surface area (Å²) >= 11 is 0. The molecule has 270 valence electrons. The van der Waals surface area contributed by atoms with Crippen LogP contribution in [0.5, 0.6) is 0 Å². The lowest BCUT2D eigenvalue weighted by Gasteiger charge is -2.17. The molecule has 53 heavy (non-hydrogen) atoms. The summed E-state index contributed by atoms with van der Waals surface area (Å²) < 4.78 is 29.3. The van der Waals surface area contributed by atoms with Crippen LogP contribution in [0.1, 0.15) is 52.3 Å². The number of sulfonamides is 1. The maximum absolute atomic E-state index is 11.5. The first-order chi connectivity index (χ1) is 25.6. The Hall–Kier alpha value is -5.23. The number of nitrogens with zero attached hydrogens (tertiary/aromatic N) is 5. The van der Waals surface area contributed by atoms with E-state index in [0.29, 0.717) is 41.3 Å². The van der Waals surface area contributed by atoms with E-state index in [0.717, 1.165) is 87.0 Å². The number of hydrogen-bond donors (Lipinski definition) is 4. The Morgan fingerprint density at radius 1 is 1.06 bits per heavy atom. The summed E-state index contributed by atoms with van der Waals surface area (Å²) in [4.78, 5) is 16.6. The van der Waals surface area contributed by atoms with Gasteiger partial charge in [-0.05, 0) is 102 Å². The first-order valence-electron chi connectivity index (χ1n) is 17.8. The van der Waals surface area contributed by atoms with Crippen molar-refractivity contribution in [3.63, 3.8) is 0 Å². The number of aliphatic hydroxyl groups is 1. The van der Waals surface area contributed by atoms with Gasteiger partial charge >= 0.3 is 0 Å². The van der Waals surface area contributed by atoms with E-state index in [1.165, 1.54) is 0 Å². The second-order valence-electron chi connectivity index (χ2n) is 14.0. The van der Waals surface area contributed by atoms with Crippen LogP contribution in [0.15, 0.2) is 71.4 Å². The molecule has 1 aliphatic heterocycles. The van der Waals surface area contributed by atoms with Crippen molar-refractivity contribution >= 4 is 43.5 Å². The van der Waals surface area contributed by atoms with Crippen molar-refractivity contribution < 1.29 is 17.9 Å². The third-order valence-electron chi connectivity index (χ3n) is 10.5. The van der Waals surface area contributed by atoms with E-state index in [9.17, 15) is 18.8 Å². The lowest BCUT2D eigenvalue weighted by Crippen LogP contribution is -2.29. The van der Waals surface area contributed by atoms with Gasteiger partial charge in [0.15, 0.2) is 11.4 Å². The Bertz CT molecular complexity index is 2540. The number of rotatable bonds is 10. The smallest absolute Gasteiger partial charge is 0.227 e. The van der Waals surface area contributed by atoms with E-state index in [2.05, 4.69) is 51.7 Å². The molecule has 0 unspecified atom stereocenters. The van der Waals surface area contributed by atoms with Crippen molar-refractivity contribution in [3.8, 4) is 28.7 Å². The molecule has 0 radical (unpaired) electrons. The zero-order chi connectivity index (χ0) is 36.9. The minimum Gasteiger partial charge on any atom is -0.435 e. The average Bonchev–Trinajstić information content (AvgIpc) is 3.86. The molecular formula is C40H40N8O4S. The van der Waals surface area contributed by atoms with E-state index < -0.39 is 10.0 Å². The molecule has 13 heteroatoms. The van der Waals surface area contributed by atoms with Gasteiger partial charge in [-0.15, -0.1) is 0 Å². The summed E-state index contributed by atoms with van der Waals surface area (Å²) in [5, 5.41) is 33.2. The van der Waals surface area contributed by atoms with Crippen molar-refractivity contribution in [2.24, 2.45) is 5.14 Å². The predicted octanol–water partition coefficient (Wildman–Crippen LogP) is 5.77. The van der Waals surface area contributed by atoms with Crippen LogP contribution in [0.3, 0.4) is 0 Å². The normalized spacial score (nSPS) is 17.4. The van der Waals surface area contributed by atoms with Crippen molar-refractivity contribution in [2.45, 2.75) is 51.8 Å². The summed E-state index contributed by atoms with van der Waals surface area (Å²) in [7, 11) is -3.59. The highest BCUT2D eigenvalue weighted by atomic mass is 32.2. The summed E-state index contributed by atoms with van der Waals surface area (Å²) in [6.07, 6.45) is 5.64. The highest BCUT2D eigenvalue weighted by molar-refractivity contribution is 7.89. The van der Waals surface area contributed by atoms with Gasteiger partial charge in [0.1, 0.15) is 22.7 Å². The first kappa shape index (κ1) is 34.8. The fourth-order valence-electron chi connectivity index (χ4n) is 7.82.